The van der Waals surface area contributed by atoms with Gasteiger partial charge in [-0.05, 0) is 42.9 Å². The van der Waals surface area contributed by atoms with Crippen LogP contribution in [0, 0.1) is 5.41 Å². The fourth-order valence-electron chi connectivity index (χ4n) is 7.52. The first-order chi connectivity index (χ1) is 17.6. The number of likely N-dealkylation sites (tertiary alicyclic amines) is 1. The number of piperidine rings is 1. The second-order valence-electron chi connectivity index (χ2n) is 10.7. The summed E-state index contributed by atoms with van der Waals surface area (Å²) >= 11 is 0. The van der Waals surface area contributed by atoms with Crippen molar-refractivity contribution >= 4 is 16.8 Å². The molecule has 3 aliphatic heterocycles. The first kappa shape index (κ1) is 21.8. The maximum Gasteiger partial charge on any atom is 0.225 e. The number of hydrogen-bond donors (Lipinski definition) is 1. The zero-order valence-corrected chi connectivity index (χ0v) is 20.8. The van der Waals surface area contributed by atoms with E-state index in [1.807, 2.05) is 29.1 Å². The van der Waals surface area contributed by atoms with E-state index in [9.17, 15) is 4.79 Å². The van der Waals surface area contributed by atoms with Gasteiger partial charge in [-0.1, -0.05) is 60.7 Å². The highest BCUT2D eigenvalue weighted by molar-refractivity contribution is 5.87. The third-order valence-corrected chi connectivity index (χ3v) is 9.03. The third kappa shape index (κ3) is 2.92. The van der Waals surface area contributed by atoms with Crippen LogP contribution >= 0.6 is 0 Å². The molecule has 7 nitrogen and oxygen atoms in total. The smallest absolute Gasteiger partial charge is 0.225 e. The van der Waals surface area contributed by atoms with Crippen LogP contribution in [0.3, 0.4) is 0 Å². The van der Waals surface area contributed by atoms with Crippen LogP contribution in [0.25, 0.3) is 10.9 Å². The van der Waals surface area contributed by atoms with E-state index in [2.05, 4.69) is 68.4 Å². The molecule has 7 heteroatoms. The second kappa shape index (κ2) is 8.03. The summed E-state index contributed by atoms with van der Waals surface area (Å²) in [5, 5.41) is 10.2. The molecule has 0 aliphatic carbocycles. The molecule has 0 bridgehead atoms. The van der Waals surface area contributed by atoms with Crippen molar-refractivity contribution in [1.29, 1.82) is 0 Å². The maximum atomic E-state index is 13.9. The normalized spacial score (nSPS) is 25.7. The van der Waals surface area contributed by atoms with E-state index in [1.54, 1.807) is 0 Å². The van der Waals surface area contributed by atoms with Gasteiger partial charge in [0.2, 0.25) is 5.91 Å². The number of nitrogens with zero attached hydrogens (tertiary/aromatic N) is 5. The van der Waals surface area contributed by atoms with Gasteiger partial charge in [-0.25, -0.2) is 4.68 Å². The SMILES string of the molecule is CC[C@@]12CCCN3CCc4c([nH]c5ccccc45)[C@]31N(Cc1cn(Cc3ccccc3)nn1)C(=O)C2. The third-order valence-electron chi connectivity index (χ3n) is 9.03. The van der Waals surface area contributed by atoms with Gasteiger partial charge < -0.3 is 9.88 Å². The summed E-state index contributed by atoms with van der Waals surface area (Å²) < 4.78 is 1.88. The molecule has 0 saturated carbocycles. The minimum absolute atomic E-state index is 0.113. The van der Waals surface area contributed by atoms with Crippen molar-refractivity contribution < 1.29 is 4.79 Å². The first-order valence-electron chi connectivity index (χ1n) is 13.2. The van der Waals surface area contributed by atoms with Crippen LogP contribution in [0.5, 0.6) is 0 Å². The van der Waals surface area contributed by atoms with Gasteiger partial charge in [-0.3, -0.25) is 9.69 Å². The molecule has 2 saturated heterocycles. The molecule has 0 unspecified atom stereocenters. The summed E-state index contributed by atoms with van der Waals surface area (Å²) in [6.45, 7) is 5.40. The standard InChI is InChI=1S/C29H32N6O/c1-2-28-14-8-15-33-16-13-24-23-11-6-7-12-25(23)30-27(24)29(28,33)35(26(36)17-28)20-22-19-34(32-31-22)18-21-9-4-3-5-10-21/h3-7,9-12,19,30H,2,8,13-18,20H2,1H3/t28-,29+/m0/s1. The molecule has 2 atom stereocenters. The fourth-order valence-corrected chi connectivity index (χ4v) is 7.52. The molecule has 1 amide bonds. The number of hydrogen-bond acceptors (Lipinski definition) is 4. The van der Waals surface area contributed by atoms with Crippen molar-refractivity contribution in [2.24, 2.45) is 5.41 Å². The number of aromatic amines is 1. The highest BCUT2D eigenvalue weighted by Gasteiger charge is 2.68. The molecule has 5 heterocycles. The Morgan fingerprint density at radius 1 is 1.03 bits per heavy atom. The molecule has 7 rings (SSSR count). The number of para-hydroxylation sites is 1. The molecular formula is C29H32N6O. The van der Waals surface area contributed by atoms with E-state index >= 15 is 0 Å². The highest BCUT2D eigenvalue weighted by Crippen LogP contribution is 2.63. The zero-order valence-electron chi connectivity index (χ0n) is 20.8. The largest absolute Gasteiger partial charge is 0.355 e. The average molecular weight is 481 g/mol. The first-order valence-corrected chi connectivity index (χ1v) is 13.2. The lowest BCUT2D eigenvalue weighted by Gasteiger charge is -2.60. The van der Waals surface area contributed by atoms with Gasteiger partial charge in [0.05, 0.1) is 25.0 Å². The summed E-state index contributed by atoms with van der Waals surface area (Å²) in [5.74, 6) is 0.230. The number of fused-ring (bicyclic) bond motifs is 3. The predicted molar refractivity (Wildman–Crippen MR) is 138 cm³/mol. The number of carbonyl (C=O) groups is 1. The monoisotopic (exact) mass is 480 g/mol. The van der Waals surface area contributed by atoms with Crippen molar-refractivity contribution in [2.45, 2.75) is 57.8 Å². The highest BCUT2D eigenvalue weighted by atomic mass is 16.2. The predicted octanol–water partition coefficient (Wildman–Crippen LogP) is 4.44. The summed E-state index contributed by atoms with van der Waals surface area (Å²) in [5.41, 5.74) is 5.23. The zero-order chi connectivity index (χ0) is 24.3. The molecule has 184 valence electrons. The number of amides is 1. The van der Waals surface area contributed by atoms with Gasteiger partial charge in [0, 0.05) is 35.8 Å². The topological polar surface area (TPSA) is 70.1 Å². The van der Waals surface area contributed by atoms with Gasteiger partial charge in [-0.15, -0.1) is 5.10 Å². The minimum Gasteiger partial charge on any atom is -0.355 e. The lowest BCUT2D eigenvalue weighted by Crippen LogP contribution is -2.67. The van der Waals surface area contributed by atoms with Crippen LogP contribution in [0.15, 0.2) is 60.8 Å². The van der Waals surface area contributed by atoms with Gasteiger partial charge in [0.15, 0.2) is 0 Å². The average Bonchev–Trinajstić information content (AvgIpc) is 3.58. The number of benzene rings is 2. The minimum atomic E-state index is -0.465. The lowest BCUT2D eigenvalue weighted by atomic mass is 9.63. The molecule has 4 aromatic rings. The molecule has 2 aromatic carbocycles. The van der Waals surface area contributed by atoms with E-state index in [1.165, 1.54) is 27.7 Å². The van der Waals surface area contributed by atoms with Gasteiger partial charge in [0.1, 0.15) is 11.4 Å². The van der Waals surface area contributed by atoms with Gasteiger partial charge in [0.25, 0.3) is 0 Å². The Bertz CT molecular complexity index is 1440. The number of nitrogens with one attached hydrogen (secondary N) is 1. The van der Waals surface area contributed by atoms with Crippen molar-refractivity contribution in [3.05, 3.63) is 83.3 Å². The molecule has 2 aromatic heterocycles. The summed E-state index contributed by atoms with van der Waals surface area (Å²) in [6.07, 6.45) is 6.78. The van der Waals surface area contributed by atoms with E-state index in [-0.39, 0.29) is 11.3 Å². The van der Waals surface area contributed by atoms with E-state index < -0.39 is 5.66 Å². The Morgan fingerprint density at radius 3 is 2.72 bits per heavy atom. The van der Waals surface area contributed by atoms with E-state index in [4.69, 9.17) is 0 Å². The van der Waals surface area contributed by atoms with Crippen molar-refractivity contribution in [3.63, 3.8) is 0 Å². The van der Waals surface area contributed by atoms with Crippen LogP contribution in [0.4, 0.5) is 0 Å². The van der Waals surface area contributed by atoms with Crippen LogP contribution in [0.1, 0.15) is 55.1 Å². The van der Waals surface area contributed by atoms with E-state index in [0.29, 0.717) is 19.5 Å². The number of aromatic nitrogens is 4. The van der Waals surface area contributed by atoms with E-state index in [0.717, 1.165) is 44.5 Å². The van der Waals surface area contributed by atoms with Crippen molar-refractivity contribution in [3.8, 4) is 0 Å². The lowest BCUT2D eigenvalue weighted by molar-refractivity contribution is -0.165. The Hall–Kier alpha value is -3.45. The Balaban J connectivity index is 1.33. The summed E-state index contributed by atoms with van der Waals surface area (Å²) in [7, 11) is 0. The number of carbonyl (C=O) groups excluding carboxylic acids is 1. The summed E-state index contributed by atoms with van der Waals surface area (Å²) in [4.78, 5) is 22.5. The number of H-pyrrole nitrogens is 1. The van der Waals surface area contributed by atoms with Gasteiger partial charge in [-0.2, -0.15) is 0 Å². The fraction of sp³-hybridized carbons (Fsp3) is 0.414. The van der Waals surface area contributed by atoms with Crippen molar-refractivity contribution in [2.75, 3.05) is 13.1 Å². The second-order valence-corrected chi connectivity index (χ2v) is 10.7. The molecule has 36 heavy (non-hydrogen) atoms. The van der Waals surface area contributed by atoms with Crippen LogP contribution < -0.4 is 0 Å². The molecule has 0 radical (unpaired) electrons. The Labute approximate surface area is 211 Å². The quantitative estimate of drug-likeness (QED) is 0.459. The summed E-state index contributed by atoms with van der Waals surface area (Å²) in [6, 6.07) is 18.9. The van der Waals surface area contributed by atoms with Gasteiger partial charge >= 0.3 is 0 Å². The van der Waals surface area contributed by atoms with Crippen LogP contribution in [-0.4, -0.2) is 48.8 Å². The van der Waals surface area contributed by atoms with Crippen molar-refractivity contribution in [1.82, 2.24) is 29.8 Å². The molecule has 3 aliphatic rings. The van der Waals surface area contributed by atoms with Crippen LogP contribution in [0.2, 0.25) is 0 Å². The molecular weight excluding hydrogens is 448 g/mol. The number of rotatable bonds is 5. The Morgan fingerprint density at radius 2 is 1.86 bits per heavy atom. The molecule has 1 N–H and O–H groups in total. The molecule has 2 fully saturated rings. The maximum absolute atomic E-state index is 13.9. The Kier molecular flexibility index (Phi) is 4.86. The van der Waals surface area contributed by atoms with Crippen LogP contribution in [-0.2, 0) is 30.0 Å². The molecule has 1 spiro atoms.